The molecule has 1 aromatic carbocycles. The molecule has 2 heterocycles. The van der Waals surface area contributed by atoms with E-state index in [1.54, 1.807) is 0 Å². The summed E-state index contributed by atoms with van der Waals surface area (Å²) in [6.07, 6.45) is 5.70. The molecule has 1 aromatic heterocycles. The Hall–Kier alpha value is -1.97. The Bertz CT molecular complexity index is 580. The number of H-pyrrole nitrogens is 1. The van der Waals surface area contributed by atoms with E-state index in [-0.39, 0.29) is 0 Å². The third-order valence-corrected chi connectivity index (χ3v) is 4.34. The van der Waals surface area contributed by atoms with Gasteiger partial charge in [-0.1, -0.05) is 18.2 Å². The van der Waals surface area contributed by atoms with Crippen LogP contribution in [0.2, 0.25) is 0 Å². The molecule has 20 heavy (non-hydrogen) atoms. The monoisotopic (exact) mass is 270 g/mol. The highest BCUT2D eigenvalue weighted by molar-refractivity contribution is 5.84. The summed E-state index contributed by atoms with van der Waals surface area (Å²) in [6.45, 7) is 4.62. The number of hydrogen-bond donors (Lipinski definition) is 2. The van der Waals surface area contributed by atoms with Crippen molar-refractivity contribution in [3.05, 3.63) is 30.5 Å². The molecule has 1 fully saturated rings. The molecule has 0 amide bonds. The summed E-state index contributed by atoms with van der Waals surface area (Å²) in [5, 5.41) is 6.91. The molecule has 1 aliphatic heterocycles. The number of aromatic nitrogens is 2. The second-order valence-corrected chi connectivity index (χ2v) is 5.74. The lowest BCUT2D eigenvalue weighted by Gasteiger charge is -2.42. The third-order valence-electron chi connectivity index (χ3n) is 4.34. The van der Waals surface area contributed by atoms with Crippen molar-refractivity contribution in [2.45, 2.75) is 45.2 Å². The van der Waals surface area contributed by atoms with E-state index in [1.165, 1.54) is 30.5 Å². The highest BCUT2D eigenvalue weighted by Gasteiger charge is 2.27. The van der Waals surface area contributed by atoms with Gasteiger partial charge in [-0.05, 0) is 39.2 Å². The lowest BCUT2D eigenvalue weighted by atomic mass is 9.94. The van der Waals surface area contributed by atoms with Crippen LogP contribution < -0.4 is 10.6 Å². The highest BCUT2D eigenvalue weighted by atomic mass is 15.2. The fourth-order valence-electron chi connectivity index (χ4n) is 3.34. The van der Waals surface area contributed by atoms with Crippen molar-refractivity contribution in [3.8, 4) is 11.1 Å². The van der Waals surface area contributed by atoms with Gasteiger partial charge < -0.3 is 10.6 Å². The van der Waals surface area contributed by atoms with Crippen molar-refractivity contribution >= 4 is 11.5 Å². The largest absolute Gasteiger partial charge is 0.382 e. The zero-order valence-corrected chi connectivity index (χ0v) is 12.1. The maximum atomic E-state index is 5.98. The molecular formula is C16H22N4. The van der Waals surface area contributed by atoms with Gasteiger partial charge in [0.15, 0.2) is 5.82 Å². The van der Waals surface area contributed by atoms with Gasteiger partial charge in [0.25, 0.3) is 0 Å². The summed E-state index contributed by atoms with van der Waals surface area (Å²) < 4.78 is 0. The Balaban J connectivity index is 2.08. The molecule has 2 aromatic rings. The fraction of sp³-hybridized carbons (Fsp3) is 0.438. The van der Waals surface area contributed by atoms with Crippen LogP contribution in [0.15, 0.2) is 30.5 Å². The van der Waals surface area contributed by atoms with Gasteiger partial charge in [0, 0.05) is 35.1 Å². The molecule has 0 spiro atoms. The summed E-state index contributed by atoms with van der Waals surface area (Å²) in [4.78, 5) is 2.53. The SMILES string of the molecule is CC1CCCC(C)N1c1ccccc1-c1c[nH]nc1N. The number of benzene rings is 1. The topological polar surface area (TPSA) is 57.9 Å². The Labute approximate surface area is 120 Å². The lowest BCUT2D eigenvalue weighted by Crippen LogP contribution is -2.44. The van der Waals surface area contributed by atoms with Crippen LogP contribution >= 0.6 is 0 Å². The van der Waals surface area contributed by atoms with Gasteiger partial charge in [0.05, 0.1) is 0 Å². The first-order chi connectivity index (χ1) is 9.68. The van der Waals surface area contributed by atoms with Crippen LogP contribution in [-0.2, 0) is 0 Å². The number of para-hydroxylation sites is 1. The molecule has 4 heteroatoms. The number of nitrogens with zero attached hydrogens (tertiary/aromatic N) is 2. The Morgan fingerprint density at radius 3 is 2.50 bits per heavy atom. The standard InChI is InChI=1S/C16H22N4/c1-11-6-5-7-12(2)20(11)15-9-4-3-8-13(15)14-10-18-19-16(14)17/h3-4,8-12H,5-7H2,1-2H3,(H3,17,18,19). The molecule has 4 nitrogen and oxygen atoms in total. The van der Waals surface area contributed by atoms with E-state index in [0.29, 0.717) is 17.9 Å². The minimum absolute atomic E-state index is 0.563. The average Bonchev–Trinajstić information content (AvgIpc) is 2.85. The molecule has 0 saturated carbocycles. The first-order valence-electron chi connectivity index (χ1n) is 7.35. The number of nitrogens with two attached hydrogens (primary N) is 1. The number of hydrogen-bond acceptors (Lipinski definition) is 3. The predicted molar refractivity (Wildman–Crippen MR) is 83.7 cm³/mol. The molecule has 0 aliphatic carbocycles. The van der Waals surface area contributed by atoms with Crippen LogP contribution in [0.4, 0.5) is 11.5 Å². The smallest absolute Gasteiger partial charge is 0.153 e. The molecule has 0 radical (unpaired) electrons. The van der Waals surface area contributed by atoms with Crippen molar-refractivity contribution in [1.82, 2.24) is 10.2 Å². The molecule has 1 aliphatic rings. The van der Waals surface area contributed by atoms with E-state index in [0.717, 1.165) is 5.56 Å². The fourth-order valence-corrected chi connectivity index (χ4v) is 3.34. The normalized spacial score (nSPS) is 23.0. The first kappa shape index (κ1) is 13.0. The van der Waals surface area contributed by atoms with Crippen molar-refractivity contribution in [2.75, 3.05) is 10.6 Å². The lowest BCUT2D eigenvalue weighted by molar-refractivity contribution is 0.414. The van der Waals surface area contributed by atoms with Gasteiger partial charge in [0.2, 0.25) is 0 Å². The third kappa shape index (κ3) is 2.15. The summed E-state index contributed by atoms with van der Waals surface area (Å²) in [5.41, 5.74) is 9.40. The summed E-state index contributed by atoms with van der Waals surface area (Å²) in [5.74, 6) is 0.565. The average molecular weight is 270 g/mol. The molecule has 3 N–H and O–H groups in total. The number of nitrogens with one attached hydrogen (secondary N) is 1. The van der Waals surface area contributed by atoms with Gasteiger partial charge in [-0.25, -0.2) is 0 Å². The maximum Gasteiger partial charge on any atom is 0.153 e. The van der Waals surface area contributed by atoms with E-state index in [9.17, 15) is 0 Å². The van der Waals surface area contributed by atoms with Crippen LogP contribution in [0.5, 0.6) is 0 Å². The zero-order valence-electron chi connectivity index (χ0n) is 12.1. The van der Waals surface area contributed by atoms with Crippen molar-refractivity contribution < 1.29 is 0 Å². The van der Waals surface area contributed by atoms with Crippen LogP contribution in [0, 0.1) is 0 Å². The van der Waals surface area contributed by atoms with Crippen LogP contribution in [0.25, 0.3) is 11.1 Å². The summed E-state index contributed by atoms with van der Waals surface area (Å²) in [6, 6.07) is 9.61. The molecular weight excluding hydrogens is 248 g/mol. The van der Waals surface area contributed by atoms with Crippen molar-refractivity contribution in [1.29, 1.82) is 0 Å². The van der Waals surface area contributed by atoms with Gasteiger partial charge in [-0.15, -0.1) is 0 Å². The maximum absolute atomic E-state index is 5.98. The van der Waals surface area contributed by atoms with Crippen LogP contribution in [-0.4, -0.2) is 22.3 Å². The number of aromatic amines is 1. The van der Waals surface area contributed by atoms with Crippen molar-refractivity contribution in [2.24, 2.45) is 0 Å². The molecule has 2 atom stereocenters. The van der Waals surface area contributed by atoms with Crippen molar-refractivity contribution in [3.63, 3.8) is 0 Å². The van der Waals surface area contributed by atoms with E-state index >= 15 is 0 Å². The second kappa shape index (κ2) is 5.19. The molecule has 0 bridgehead atoms. The van der Waals surface area contributed by atoms with E-state index in [1.807, 2.05) is 6.20 Å². The van der Waals surface area contributed by atoms with Crippen LogP contribution in [0.1, 0.15) is 33.1 Å². The number of rotatable bonds is 2. The van der Waals surface area contributed by atoms with Gasteiger partial charge in [-0.2, -0.15) is 5.10 Å². The van der Waals surface area contributed by atoms with Gasteiger partial charge in [-0.3, -0.25) is 5.10 Å². The van der Waals surface area contributed by atoms with Gasteiger partial charge in [0.1, 0.15) is 0 Å². The Morgan fingerprint density at radius 2 is 1.85 bits per heavy atom. The summed E-state index contributed by atoms with van der Waals surface area (Å²) in [7, 11) is 0. The predicted octanol–water partition coefficient (Wildman–Crippen LogP) is 3.43. The van der Waals surface area contributed by atoms with E-state index in [4.69, 9.17) is 5.73 Å². The van der Waals surface area contributed by atoms with E-state index in [2.05, 4.69) is 53.2 Å². The second-order valence-electron chi connectivity index (χ2n) is 5.74. The molecule has 3 rings (SSSR count). The Morgan fingerprint density at radius 1 is 1.15 bits per heavy atom. The van der Waals surface area contributed by atoms with E-state index < -0.39 is 0 Å². The summed E-state index contributed by atoms with van der Waals surface area (Å²) >= 11 is 0. The Kier molecular flexibility index (Phi) is 3.38. The minimum atomic E-state index is 0.563. The quantitative estimate of drug-likeness (QED) is 0.879. The first-order valence-corrected chi connectivity index (χ1v) is 7.35. The number of nitrogen functional groups attached to an aromatic ring is 1. The molecule has 1 saturated heterocycles. The van der Waals surface area contributed by atoms with Crippen LogP contribution in [0.3, 0.4) is 0 Å². The molecule has 106 valence electrons. The minimum Gasteiger partial charge on any atom is -0.382 e. The van der Waals surface area contributed by atoms with Gasteiger partial charge >= 0.3 is 0 Å². The highest BCUT2D eigenvalue weighted by Crippen LogP contribution is 2.37. The molecule has 2 unspecified atom stereocenters. The number of piperidine rings is 1. The zero-order chi connectivity index (χ0) is 14.1. The number of anilines is 2.